The summed E-state index contributed by atoms with van der Waals surface area (Å²) in [6.45, 7) is 2.96. The molecule has 2 aromatic rings. The van der Waals surface area contributed by atoms with Gasteiger partial charge in [0.15, 0.2) is 0 Å². The minimum Gasteiger partial charge on any atom is -0.306 e. The van der Waals surface area contributed by atoms with Crippen molar-refractivity contribution in [1.82, 2.24) is 10.3 Å². The topological polar surface area (TPSA) is 24.9 Å². The molecule has 0 fully saturated rings. The predicted octanol–water partition coefficient (Wildman–Crippen LogP) is 4.20. The van der Waals surface area contributed by atoms with Gasteiger partial charge < -0.3 is 5.32 Å². The Morgan fingerprint density at radius 2 is 2.11 bits per heavy atom. The normalized spacial score (nSPS) is 12.4. The molecule has 0 saturated carbocycles. The third-order valence-electron chi connectivity index (χ3n) is 2.65. The molecule has 0 amide bonds. The van der Waals surface area contributed by atoms with Gasteiger partial charge in [0.2, 0.25) is 0 Å². The summed E-state index contributed by atoms with van der Waals surface area (Å²) in [5.74, 6) is 0. The van der Waals surface area contributed by atoms with Crippen LogP contribution >= 0.6 is 27.5 Å². The Balaban J connectivity index is 2.39. The van der Waals surface area contributed by atoms with E-state index in [0.29, 0.717) is 0 Å². The van der Waals surface area contributed by atoms with Gasteiger partial charge in [0.25, 0.3) is 0 Å². The smallest absolute Gasteiger partial charge is 0.0592 e. The van der Waals surface area contributed by atoms with Crippen LogP contribution in [0.25, 0.3) is 0 Å². The monoisotopic (exact) mass is 324 g/mol. The van der Waals surface area contributed by atoms with Gasteiger partial charge in [0, 0.05) is 21.9 Å². The van der Waals surface area contributed by atoms with Gasteiger partial charge in [-0.3, -0.25) is 4.98 Å². The van der Waals surface area contributed by atoms with E-state index in [4.69, 9.17) is 11.6 Å². The van der Waals surface area contributed by atoms with E-state index in [9.17, 15) is 0 Å². The van der Waals surface area contributed by atoms with Crippen LogP contribution in [0, 0.1) is 0 Å². The third kappa shape index (κ3) is 3.31. The molecule has 0 bridgehead atoms. The minimum atomic E-state index is 0.110. The van der Waals surface area contributed by atoms with Crippen LogP contribution in [0.4, 0.5) is 0 Å². The van der Waals surface area contributed by atoms with Crippen molar-refractivity contribution in [3.63, 3.8) is 0 Å². The second-order valence-corrected chi connectivity index (χ2v) is 5.33. The fourth-order valence-corrected chi connectivity index (χ4v) is 2.49. The first-order valence-electron chi connectivity index (χ1n) is 5.80. The molecule has 1 atom stereocenters. The van der Waals surface area contributed by atoms with Gasteiger partial charge in [-0.2, -0.15) is 0 Å². The molecule has 1 aromatic carbocycles. The van der Waals surface area contributed by atoms with Crippen LogP contribution in [0.2, 0.25) is 5.02 Å². The van der Waals surface area contributed by atoms with Gasteiger partial charge in [-0.15, -0.1) is 0 Å². The summed E-state index contributed by atoms with van der Waals surface area (Å²) in [7, 11) is 0. The van der Waals surface area contributed by atoms with Crippen molar-refractivity contribution in [2.75, 3.05) is 6.54 Å². The second-order valence-electron chi connectivity index (χ2n) is 3.98. The number of benzene rings is 1. The van der Waals surface area contributed by atoms with Gasteiger partial charge in [-0.05, 0) is 51.8 Å². The average molecular weight is 326 g/mol. The maximum Gasteiger partial charge on any atom is 0.0592 e. The Morgan fingerprint density at radius 1 is 1.28 bits per heavy atom. The highest BCUT2D eigenvalue weighted by atomic mass is 79.9. The van der Waals surface area contributed by atoms with Crippen LogP contribution < -0.4 is 5.32 Å². The van der Waals surface area contributed by atoms with Crippen molar-refractivity contribution in [3.05, 3.63) is 63.3 Å². The Hall–Kier alpha value is -0.900. The number of nitrogens with one attached hydrogen (secondary N) is 1. The largest absolute Gasteiger partial charge is 0.306 e. The minimum absolute atomic E-state index is 0.110. The highest BCUT2D eigenvalue weighted by Gasteiger charge is 2.13. The van der Waals surface area contributed by atoms with Crippen LogP contribution in [-0.4, -0.2) is 11.5 Å². The van der Waals surface area contributed by atoms with Crippen molar-refractivity contribution in [3.8, 4) is 0 Å². The lowest BCUT2D eigenvalue weighted by atomic mass is 10.0. The number of rotatable bonds is 4. The zero-order chi connectivity index (χ0) is 13.0. The summed E-state index contributed by atoms with van der Waals surface area (Å²) in [5.41, 5.74) is 2.26. The molecule has 1 N–H and O–H groups in total. The van der Waals surface area contributed by atoms with Crippen LogP contribution in [0.5, 0.6) is 0 Å². The standard InChI is InChI=1S/C14H14BrClN2/c1-2-18-14(10-4-3-5-13(16)7-10)11-6-12(15)9-17-8-11/h3-9,14,18H,2H2,1H3. The van der Waals surface area contributed by atoms with Gasteiger partial charge in [0.05, 0.1) is 6.04 Å². The van der Waals surface area contributed by atoms with Crippen LogP contribution in [0.1, 0.15) is 24.1 Å². The Bertz CT molecular complexity index is 485. The maximum absolute atomic E-state index is 6.06. The summed E-state index contributed by atoms with van der Waals surface area (Å²) in [4.78, 5) is 4.22. The number of hydrogen-bond donors (Lipinski definition) is 1. The summed E-state index contributed by atoms with van der Waals surface area (Å²) in [6, 6.07) is 10.1. The molecule has 4 heteroatoms. The van der Waals surface area contributed by atoms with Gasteiger partial charge >= 0.3 is 0 Å². The maximum atomic E-state index is 6.06. The molecule has 2 nitrogen and oxygen atoms in total. The molecule has 18 heavy (non-hydrogen) atoms. The summed E-state index contributed by atoms with van der Waals surface area (Å²) < 4.78 is 0.977. The van der Waals surface area contributed by atoms with E-state index in [-0.39, 0.29) is 6.04 Å². The number of aromatic nitrogens is 1. The lowest BCUT2D eigenvalue weighted by molar-refractivity contribution is 0.628. The third-order valence-corrected chi connectivity index (χ3v) is 3.32. The average Bonchev–Trinajstić information content (AvgIpc) is 2.36. The zero-order valence-corrected chi connectivity index (χ0v) is 12.4. The zero-order valence-electron chi connectivity index (χ0n) is 10.0. The summed E-state index contributed by atoms with van der Waals surface area (Å²) >= 11 is 9.51. The van der Waals surface area contributed by atoms with Gasteiger partial charge in [0.1, 0.15) is 0 Å². The van der Waals surface area contributed by atoms with E-state index in [0.717, 1.165) is 27.2 Å². The van der Waals surface area contributed by atoms with Gasteiger partial charge in [-0.1, -0.05) is 30.7 Å². The number of halogens is 2. The first kappa shape index (κ1) is 13.5. The molecular formula is C14H14BrClN2. The molecule has 0 aliphatic rings. The molecule has 1 unspecified atom stereocenters. The molecule has 0 aliphatic heterocycles. The van der Waals surface area contributed by atoms with E-state index in [1.54, 1.807) is 6.20 Å². The summed E-state index contributed by atoms with van der Waals surface area (Å²) in [5, 5.41) is 4.20. The van der Waals surface area contributed by atoms with E-state index in [1.807, 2.05) is 24.4 Å². The fraction of sp³-hybridized carbons (Fsp3) is 0.214. The van der Waals surface area contributed by atoms with Crippen molar-refractivity contribution < 1.29 is 0 Å². The number of hydrogen-bond acceptors (Lipinski definition) is 2. The Morgan fingerprint density at radius 3 is 2.78 bits per heavy atom. The highest BCUT2D eigenvalue weighted by molar-refractivity contribution is 9.10. The van der Waals surface area contributed by atoms with E-state index in [1.165, 1.54) is 0 Å². The van der Waals surface area contributed by atoms with Crippen LogP contribution in [-0.2, 0) is 0 Å². The Labute approximate surface area is 121 Å². The summed E-state index contributed by atoms with van der Waals surface area (Å²) in [6.07, 6.45) is 3.66. The quantitative estimate of drug-likeness (QED) is 0.911. The fourth-order valence-electron chi connectivity index (χ4n) is 1.90. The Kier molecular flexibility index (Phi) is 4.75. The number of nitrogens with zero attached hydrogens (tertiary/aromatic N) is 1. The van der Waals surface area contributed by atoms with Crippen LogP contribution in [0.15, 0.2) is 47.2 Å². The molecule has 1 heterocycles. The van der Waals surface area contributed by atoms with Crippen molar-refractivity contribution in [2.45, 2.75) is 13.0 Å². The van der Waals surface area contributed by atoms with E-state index < -0.39 is 0 Å². The molecule has 0 saturated heterocycles. The number of pyridine rings is 1. The molecule has 2 rings (SSSR count). The first-order chi connectivity index (χ1) is 8.70. The predicted molar refractivity (Wildman–Crippen MR) is 78.9 cm³/mol. The lowest BCUT2D eigenvalue weighted by Gasteiger charge is -2.19. The molecule has 0 aliphatic carbocycles. The van der Waals surface area contributed by atoms with E-state index >= 15 is 0 Å². The van der Waals surface area contributed by atoms with Crippen molar-refractivity contribution in [1.29, 1.82) is 0 Å². The van der Waals surface area contributed by atoms with Gasteiger partial charge in [-0.25, -0.2) is 0 Å². The van der Waals surface area contributed by atoms with Crippen LogP contribution in [0.3, 0.4) is 0 Å². The van der Waals surface area contributed by atoms with E-state index in [2.05, 4.69) is 45.3 Å². The highest BCUT2D eigenvalue weighted by Crippen LogP contribution is 2.25. The van der Waals surface area contributed by atoms with Crippen molar-refractivity contribution in [2.24, 2.45) is 0 Å². The van der Waals surface area contributed by atoms with Crippen molar-refractivity contribution >= 4 is 27.5 Å². The molecular weight excluding hydrogens is 312 g/mol. The molecule has 1 aromatic heterocycles. The SMILES string of the molecule is CCNC(c1cccc(Cl)c1)c1cncc(Br)c1. The lowest BCUT2D eigenvalue weighted by Crippen LogP contribution is -2.22. The molecule has 0 radical (unpaired) electrons. The molecule has 94 valence electrons. The second kappa shape index (κ2) is 6.32. The molecule has 0 spiro atoms. The first-order valence-corrected chi connectivity index (χ1v) is 6.97.